The zero-order valence-corrected chi connectivity index (χ0v) is 52.9. The average Bonchev–Trinajstić information content (AvgIpc) is 4.19. The normalized spacial score (nSPS) is 23.3. The van der Waals surface area contributed by atoms with Crippen molar-refractivity contribution in [1.29, 1.82) is 0 Å². The van der Waals surface area contributed by atoms with Crippen molar-refractivity contribution in [2.24, 2.45) is 51.8 Å². The van der Waals surface area contributed by atoms with E-state index in [-0.39, 0.29) is 7.43 Å². The lowest BCUT2D eigenvalue weighted by atomic mass is 9.92. The van der Waals surface area contributed by atoms with Gasteiger partial charge in [0, 0.05) is 0 Å². The Morgan fingerprint density at radius 1 is 0.200 bits per heavy atom. The molecule has 6 atom stereocenters. The van der Waals surface area contributed by atoms with Crippen LogP contribution in [0.3, 0.4) is 0 Å². The van der Waals surface area contributed by atoms with E-state index in [1.165, 1.54) is 154 Å². The van der Waals surface area contributed by atoms with Crippen LogP contribution in [0, 0.1) is 51.8 Å². The molecule has 9 aliphatic rings. The van der Waals surface area contributed by atoms with Gasteiger partial charge in [-0.2, -0.15) is 0 Å². The second kappa shape index (κ2) is 60.0. The molecule has 0 spiro atoms. The van der Waals surface area contributed by atoms with Crippen molar-refractivity contribution < 1.29 is 0 Å². The highest BCUT2D eigenvalue weighted by molar-refractivity contribution is 5.17. The first-order valence-corrected chi connectivity index (χ1v) is 30.9. The Labute approximate surface area is 450 Å². The fourth-order valence-electron chi connectivity index (χ4n) is 8.38. The van der Waals surface area contributed by atoms with Gasteiger partial charge in [-0.25, -0.2) is 0 Å². The molecule has 0 nitrogen and oxygen atoms in total. The van der Waals surface area contributed by atoms with E-state index in [4.69, 9.17) is 0 Å². The third-order valence-corrected chi connectivity index (χ3v) is 11.1. The summed E-state index contributed by atoms with van der Waals surface area (Å²) >= 11 is 0. The lowest BCUT2D eigenvalue weighted by molar-refractivity contribution is 0.469. The number of hydrogen-bond donors (Lipinski definition) is 0. The van der Waals surface area contributed by atoms with Gasteiger partial charge in [-0.15, -0.1) is 0 Å². The predicted octanol–water partition coefficient (Wildman–Crippen LogP) is 26.4. The molecule has 6 saturated carbocycles. The van der Waals surface area contributed by atoms with E-state index >= 15 is 0 Å². The van der Waals surface area contributed by atoms with Crippen LogP contribution in [0.25, 0.3) is 0 Å². The van der Waals surface area contributed by atoms with Crippen LogP contribution >= 0.6 is 0 Å². The fraction of sp³-hybridized carbons (Fsp3) is 0.829. The van der Waals surface area contributed by atoms with Gasteiger partial charge >= 0.3 is 0 Å². The van der Waals surface area contributed by atoms with Crippen LogP contribution in [0.4, 0.5) is 0 Å². The molecule has 0 aromatic rings. The molecule has 9 rings (SSSR count). The molecule has 422 valence electrons. The quantitative estimate of drug-likeness (QED) is 0.227. The summed E-state index contributed by atoms with van der Waals surface area (Å²) < 4.78 is 0. The lowest BCUT2D eigenvalue weighted by Crippen LogP contribution is -2.03. The number of fused-ring (bicyclic) bond motifs is 3. The number of allylic oxidation sites excluding steroid dienone is 12. The van der Waals surface area contributed by atoms with Gasteiger partial charge in [-0.3, -0.25) is 0 Å². The Morgan fingerprint density at radius 2 is 0.286 bits per heavy atom. The molecule has 0 aromatic heterocycles. The summed E-state index contributed by atoms with van der Waals surface area (Å²) in [6.07, 6.45) is 62.6. The maximum atomic E-state index is 2.36. The fourth-order valence-corrected chi connectivity index (χ4v) is 8.38. The monoisotopic (exact) mass is 983 g/mol. The lowest BCUT2D eigenvalue weighted by Gasteiger charge is -2.13. The van der Waals surface area contributed by atoms with Crippen LogP contribution in [-0.2, 0) is 0 Å². The number of hydrogen-bond acceptors (Lipinski definition) is 0. The zero-order valence-electron chi connectivity index (χ0n) is 52.9. The largest absolute Gasteiger partial charge is 0.0808 e. The second-order valence-electron chi connectivity index (χ2n) is 23.4. The van der Waals surface area contributed by atoms with E-state index in [0.29, 0.717) is 16.2 Å². The van der Waals surface area contributed by atoms with E-state index in [2.05, 4.69) is 156 Å². The molecule has 70 heavy (non-hydrogen) atoms. The van der Waals surface area contributed by atoms with Gasteiger partial charge in [0.05, 0.1) is 0 Å². The summed E-state index contributed by atoms with van der Waals surface area (Å²) in [5.41, 5.74) is 1.50. The molecule has 6 unspecified atom stereocenters. The van der Waals surface area contributed by atoms with Crippen molar-refractivity contribution in [2.45, 2.75) is 328 Å². The third kappa shape index (κ3) is 68.5. The first-order chi connectivity index (χ1) is 32.9. The third-order valence-electron chi connectivity index (χ3n) is 11.1. The van der Waals surface area contributed by atoms with Crippen LogP contribution in [0.15, 0.2) is 72.9 Å². The summed E-state index contributed by atoms with van der Waals surface area (Å²) in [4.78, 5) is 0. The van der Waals surface area contributed by atoms with E-state index < -0.39 is 0 Å². The van der Waals surface area contributed by atoms with Gasteiger partial charge in [-0.05, 0) is 90.3 Å². The molecule has 6 fully saturated rings. The SMILES string of the molecule is C.C1=CC2CCCC2C=C1.C1=CC2CCCC2C=C1.C1=CC2CCCC2C=C1.C1CCCC1.C1CCCC1.C1CCCC1.CC.CC.CC.CC.CC.CC.CC(C)(C)C.CC(C)(C)C.CC(C)(C)C. The Bertz CT molecular complexity index is 867. The van der Waals surface area contributed by atoms with E-state index in [0.717, 1.165) is 35.5 Å². The molecular formula is C70H142. The molecule has 0 radical (unpaired) electrons. The molecule has 0 aliphatic heterocycles. The average molecular weight is 984 g/mol. The smallest absolute Gasteiger partial charge is 0.0167 e. The maximum absolute atomic E-state index is 2.36. The second-order valence-corrected chi connectivity index (χ2v) is 23.4. The molecule has 0 saturated heterocycles. The zero-order chi connectivity index (χ0) is 54.4. The minimum Gasteiger partial charge on any atom is -0.0808 e. The highest BCUT2D eigenvalue weighted by Gasteiger charge is 2.25. The molecule has 0 N–H and O–H groups in total. The van der Waals surface area contributed by atoms with Gasteiger partial charge in [0.15, 0.2) is 0 Å². The van der Waals surface area contributed by atoms with Gasteiger partial charge in [0.25, 0.3) is 0 Å². The highest BCUT2D eigenvalue weighted by atomic mass is 14.3. The maximum Gasteiger partial charge on any atom is -0.0167 e. The Morgan fingerprint density at radius 3 is 0.371 bits per heavy atom. The molecule has 0 heterocycles. The molecule has 0 aromatic carbocycles. The van der Waals surface area contributed by atoms with Gasteiger partial charge in [0.1, 0.15) is 0 Å². The van der Waals surface area contributed by atoms with Gasteiger partial charge in [-0.1, -0.05) is 362 Å². The number of rotatable bonds is 0. The molecular weight excluding hydrogens is 841 g/mol. The summed E-state index contributed by atoms with van der Waals surface area (Å²) in [5, 5.41) is 0. The standard InChI is InChI=1S/3C9H12.3C5H10.3C5H12.6C2H6.CH4/c3*1-2-5-9-7-3-6-8(9)4-1;3*1-2-4-5-3-1;3*1-5(2,3)4;6*1-2;/h3*1-2,4-5,8-9H,3,6-7H2;3*1-5H2;3*1-4H3;6*1-2H3;1H4. The Balaban J connectivity index is -0.000000125. The van der Waals surface area contributed by atoms with Gasteiger partial charge < -0.3 is 0 Å². The molecule has 0 heteroatoms. The molecule has 0 amide bonds. The highest BCUT2D eigenvalue weighted by Crippen LogP contribution is 2.37. The van der Waals surface area contributed by atoms with Crippen molar-refractivity contribution in [2.75, 3.05) is 0 Å². The molecule has 0 bridgehead atoms. The summed E-state index contributed by atoms with van der Waals surface area (Å²) in [6, 6.07) is 0. The van der Waals surface area contributed by atoms with Crippen molar-refractivity contribution in [3.63, 3.8) is 0 Å². The van der Waals surface area contributed by atoms with E-state index in [1.807, 2.05) is 83.1 Å². The van der Waals surface area contributed by atoms with Crippen LogP contribution in [0.1, 0.15) is 328 Å². The van der Waals surface area contributed by atoms with Crippen LogP contribution in [0.2, 0.25) is 0 Å². The Kier molecular flexibility index (Phi) is 70.7. The minimum absolute atomic E-state index is 0. The van der Waals surface area contributed by atoms with Crippen molar-refractivity contribution in [3.05, 3.63) is 72.9 Å². The van der Waals surface area contributed by atoms with Crippen molar-refractivity contribution in [1.82, 2.24) is 0 Å². The van der Waals surface area contributed by atoms with E-state index in [1.54, 1.807) is 0 Å². The van der Waals surface area contributed by atoms with E-state index in [9.17, 15) is 0 Å². The summed E-state index contributed by atoms with van der Waals surface area (Å²) in [5.74, 6) is 5.39. The summed E-state index contributed by atoms with van der Waals surface area (Å²) in [7, 11) is 0. The van der Waals surface area contributed by atoms with Crippen LogP contribution < -0.4 is 0 Å². The van der Waals surface area contributed by atoms with Crippen LogP contribution in [-0.4, -0.2) is 0 Å². The van der Waals surface area contributed by atoms with Crippen molar-refractivity contribution >= 4 is 0 Å². The topological polar surface area (TPSA) is 0 Å². The van der Waals surface area contributed by atoms with Crippen molar-refractivity contribution in [3.8, 4) is 0 Å². The Hall–Kier alpha value is -1.56. The van der Waals surface area contributed by atoms with Crippen LogP contribution in [0.5, 0.6) is 0 Å². The summed E-state index contributed by atoms with van der Waals surface area (Å²) in [6.45, 7) is 50.2. The molecule has 9 aliphatic carbocycles. The first-order valence-electron chi connectivity index (χ1n) is 30.9. The minimum atomic E-state index is 0. The first kappa shape index (κ1) is 82.5. The van der Waals surface area contributed by atoms with Gasteiger partial charge in [0.2, 0.25) is 0 Å². The predicted molar refractivity (Wildman–Crippen MR) is 337 cm³/mol.